The Bertz CT molecular complexity index is 1010. The summed E-state index contributed by atoms with van der Waals surface area (Å²) in [5, 5.41) is 19.5. The van der Waals surface area contributed by atoms with Crippen LogP contribution in [0.15, 0.2) is 12.4 Å². The average Bonchev–Trinajstić information content (AvgIpc) is 3.42. The summed E-state index contributed by atoms with van der Waals surface area (Å²) < 4.78 is 33.8. The van der Waals surface area contributed by atoms with Gasteiger partial charge in [-0.15, -0.1) is 0 Å². The van der Waals surface area contributed by atoms with Crippen LogP contribution >= 0.6 is 0 Å². The Morgan fingerprint density at radius 2 is 1.76 bits per heavy atom. The van der Waals surface area contributed by atoms with Gasteiger partial charge in [0.1, 0.15) is 0 Å². The van der Waals surface area contributed by atoms with Crippen molar-refractivity contribution in [2.75, 3.05) is 13.1 Å². The molecule has 0 saturated heterocycles. The zero-order valence-corrected chi connectivity index (χ0v) is 19.0. The van der Waals surface area contributed by atoms with Crippen LogP contribution in [0.4, 0.5) is 13.2 Å². The molecule has 2 fully saturated rings. The van der Waals surface area contributed by atoms with Crippen LogP contribution < -0.4 is 0 Å². The molecule has 2 aliphatic carbocycles. The third-order valence-corrected chi connectivity index (χ3v) is 6.77. The number of carbonyl (C=O) groups is 2. The second-order valence-electron chi connectivity index (χ2n) is 9.39. The zero-order chi connectivity index (χ0) is 24.3. The number of nitrogens with one attached hydrogen (secondary N) is 1. The summed E-state index contributed by atoms with van der Waals surface area (Å²) in [4.78, 5) is 23.9. The van der Waals surface area contributed by atoms with Crippen LogP contribution in [-0.4, -0.2) is 61.1 Å². The molecule has 3 aliphatic rings. The molecule has 2 N–H and O–H groups in total. The van der Waals surface area contributed by atoms with Crippen LogP contribution in [0.25, 0.3) is 11.3 Å². The van der Waals surface area contributed by atoms with E-state index in [9.17, 15) is 18.0 Å². The summed E-state index contributed by atoms with van der Waals surface area (Å²) in [5.74, 6) is -1.30. The van der Waals surface area contributed by atoms with Crippen molar-refractivity contribution in [1.82, 2.24) is 24.9 Å². The van der Waals surface area contributed by atoms with Gasteiger partial charge >= 0.3 is 12.1 Å². The van der Waals surface area contributed by atoms with Gasteiger partial charge in [0.2, 0.25) is 5.91 Å². The first-order chi connectivity index (χ1) is 16.2. The summed E-state index contributed by atoms with van der Waals surface area (Å²) >= 11 is 0. The molecule has 3 heterocycles. The monoisotopic (exact) mass is 481 g/mol. The lowest BCUT2D eigenvalue weighted by Gasteiger charge is -2.28. The number of carboxylic acids is 1. The van der Waals surface area contributed by atoms with Gasteiger partial charge in [0.15, 0.2) is 0 Å². The maximum atomic E-state index is 12.9. The summed E-state index contributed by atoms with van der Waals surface area (Å²) in [6.07, 6.45) is 9.27. The highest BCUT2D eigenvalue weighted by Gasteiger charge is 2.38. The molecule has 0 spiro atoms. The predicted octanol–water partition coefficient (Wildman–Crippen LogP) is 3.82. The van der Waals surface area contributed by atoms with E-state index in [1.165, 1.54) is 43.4 Å². The van der Waals surface area contributed by atoms with Gasteiger partial charge in [-0.3, -0.25) is 14.6 Å². The highest BCUT2D eigenvalue weighted by Crippen LogP contribution is 2.32. The Hall–Kier alpha value is -2.85. The molecule has 1 aliphatic heterocycles. The fourth-order valence-corrected chi connectivity index (χ4v) is 4.70. The third kappa shape index (κ3) is 5.98. The van der Waals surface area contributed by atoms with Crippen molar-refractivity contribution in [3.8, 4) is 11.3 Å². The number of hydrogen-bond acceptors (Lipinski definition) is 4. The van der Waals surface area contributed by atoms with Gasteiger partial charge in [-0.2, -0.15) is 23.4 Å². The number of aliphatic carboxylic acids is 1. The number of H-pyrrole nitrogens is 1. The highest BCUT2D eigenvalue weighted by molar-refractivity contribution is 5.79. The molecule has 0 unspecified atom stereocenters. The van der Waals surface area contributed by atoms with Gasteiger partial charge in [0.25, 0.3) is 0 Å². The van der Waals surface area contributed by atoms with Crippen LogP contribution in [-0.2, 0) is 29.0 Å². The summed E-state index contributed by atoms with van der Waals surface area (Å²) in [7, 11) is 0. The predicted molar refractivity (Wildman–Crippen MR) is 117 cm³/mol. The SMILES string of the molecule is O=C(C1CCCCC1)N1CCc2[nH]nc(-c3cnn(CC4CC4)c3)c2CC1.O=C(O)C(F)(F)F. The number of carbonyl (C=O) groups excluding carboxylic acids is 1. The number of amides is 1. The second kappa shape index (κ2) is 10.2. The fraction of sp³-hybridized carbons (Fsp3) is 0.652. The summed E-state index contributed by atoms with van der Waals surface area (Å²) in [5.41, 5.74) is 4.60. The zero-order valence-electron chi connectivity index (χ0n) is 19.0. The number of rotatable bonds is 4. The summed E-state index contributed by atoms with van der Waals surface area (Å²) in [6.45, 7) is 2.65. The second-order valence-corrected chi connectivity index (χ2v) is 9.39. The largest absolute Gasteiger partial charge is 0.490 e. The number of carboxylic acid groups (broad SMARTS) is 1. The van der Waals surface area contributed by atoms with Crippen molar-refractivity contribution in [3.63, 3.8) is 0 Å². The Morgan fingerprint density at radius 1 is 1.09 bits per heavy atom. The molecule has 186 valence electrons. The average molecular weight is 482 g/mol. The molecular formula is C23H30F3N5O3. The van der Waals surface area contributed by atoms with Crippen LogP contribution in [0.2, 0.25) is 0 Å². The molecule has 34 heavy (non-hydrogen) atoms. The first-order valence-electron chi connectivity index (χ1n) is 11.9. The quantitative estimate of drug-likeness (QED) is 0.691. The maximum Gasteiger partial charge on any atom is 0.490 e. The number of nitrogens with zero attached hydrogens (tertiary/aromatic N) is 4. The molecule has 5 rings (SSSR count). The van der Waals surface area contributed by atoms with Gasteiger partial charge in [-0.05, 0) is 38.0 Å². The minimum Gasteiger partial charge on any atom is -0.475 e. The van der Waals surface area contributed by atoms with Crippen LogP contribution in [0, 0.1) is 11.8 Å². The molecular weight excluding hydrogens is 451 g/mol. The smallest absolute Gasteiger partial charge is 0.475 e. The number of alkyl halides is 3. The van der Waals surface area contributed by atoms with E-state index >= 15 is 0 Å². The normalized spacial score (nSPS) is 19.1. The molecule has 2 saturated carbocycles. The molecule has 0 radical (unpaired) electrons. The van der Waals surface area contributed by atoms with E-state index < -0.39 is 12.1 Å². The number of aromatic nitrogens is 4. The fourth-order valence-electron chi connectivity index (χ4n) is 4.70. The van der Waals surface area contributed by atoms with Crippen LogP contribution in [0.3, 0.4) is 0 Å². The number of hydrogen-bond donors (Lipinski definition) is 2. The summed E-state index contributed by atoms with van der Waals surface area (Å²) in [6, 6.07) is 0. The van der Waals surface area contributed by atoms with Gasteiger partial charge in [0, 0.05) is 55.0 Å². The van der Waals surface area contributed by atoms with Gasteiger partial charge < -0.3 is 10.0 Å². The Labute approximate surface area is 195 Å². The standard InChI is InChI=1S/C21H29N5O.C2HF3O2/c27-21(16-4-2-1-3-5-16)25-10-8-18-19(9-11-25)23-24-20(18)17-12-22-26(14-17)13-15-6-7-15;3-2(4,5)1(6)7/h12,14-16H,1-11,13H2,(H,23,24);(H,6,7). The minimum absolute atomic E-state index is 0.258. The van der Waals surface area contributed by atoms with E-state index in [0.717, 1.165) is 62.5 Å². The molecule has 2 aromatic rings. The lowest BCUT2D eigenvalue weighted by atomic mass is 9.88. The maximum absolute atomic E-state index is 12.9. The number of halogens is 3. The van der Waals surface area contributed by atoms with Crippen molar-refractivity contribution in [1.29, 1.82) is 0 Å². The molecule has 2 aromatic heterocycles. The first-order valence-corrected chi connectivity index (χ1v) is 11.9. The lowest BCUT2D eigenvalue weighted by molar-refractivity contribution is -0.192. The molecule has 8 nitrogen and oxygen atoms in total. The van der Waals surface area contributed by atoms with E-state index in [1.54, 1.807) is 0 Å². The van der Waals surface area contributed by atoms with Crippen molar-refractivity contribution < 1.29 is 27.9 Å². The molecule has 0 aromatic carbocycles. The van der Waals surface area contributed by atoms with Crippen molar-refractivity contribution in [2.45, 2.75) is 70.5 Å². The molecule has 0 atom stereocenters. The van der Waals surface area contributed by atoms with Crippen LogP contribution in [0.5, 0.6) is 0 Å². The van der Waals surface area contributed by atoms with E-state index in [-0.39, 0.29) is 5.92 Å². The number of aromatic amines is 1. The Morgan fingerprint density at radius 3 is 2.41 bits per heavy atom. The Kier molecular flexibility index (Phi) is 7.27. The van der Waals surface area contributed by atoms with E-state index in [0.29, 0.717) is 5.91 Å². The lowest BCUT2D eigenvalue weighted by Crippen LogP contribution is -2.38. The molecule has 1 amide bonds. The van der Waals surface area contributed by atoms with Crippen molar-refractivity contribution in [3.05, 3.63) is 23.7 Å². The topological polar surface area (TPSA) is 104 Å². The van der Waals surface area contributed by atoms with Gasteiger partial charge in [-0.25, -0.2) is 4.79 Å². The number of fused-ring (bicyclic) bond motifs is 1. The van der Waals surface area contributed by atoms with E-state index in [2.05, 4.69) is 31.1 Å². The van der Waals surface area contributed by atoms with Crippen molar-refractivity contribution >= 4 is 11.9 Å². The molecule has 11 heteroatoms. The van der Waals surface area contributed by atoms with E-state index in [4.69, 9.17) is 9.90 Å². The Balaban J connectivity index is 0.000000344. The van der Waals surface area contributed by atoms with Gasteiger partial charge in [0.05, 0.1) is 11.9 Å². The third-order valence-electron chi connectivity index (χ3n) is 6.77. The van der Waals surface area contributed by atoms with Crippen molar-refractivity contribution in [2.24, 2.45) is 11.8 Å². The molecule has 0 bridgehead atoms. The minimum atomic E-state index is -5.08. The van der Waals surface area contributed by atoms with E-state index in [1.807, 2.05) is 6.20 Å². The highest BCUT2D eigenvalue weighted by atomic mass is 19.4. The van der Waals surface area contributed by atoms with Crippen LogP contribution in [0.1, 0.15) is 56.2 Å². The van der Waals surface area contributed by atoms with Gasteiger partial charge in [-0.1, -0.05) is 19.3 Å². The first kappa shape index (κ1) is 24.3.